The fourth-order valence-corrected chi connectivity index (χ4v) is 1.45. The SMILES string of the molecule is COc1ccc(-c2ccc(N)cn2)c(OC)n1. The van der Waals surface area contributed by atoms with Crippen LogP contribution in [0.25, 0.3) is 11.3 Å². The number of nitrogen functional groups attached to an aromatic ring is 1. The molecule has 0 unspecified atom stereocenters. The number of ether oxygens (including phenoxy) is 2. The molecule has 17 heavy (non-hydrogen) atoms. The van der Waals surface area contributed by atoms with Gasteiger partial charge >= 0.3 is 0 Å². The minimum Gasteiger partial charge on any atom is -0.481 e. The molecule has 2 aromatic rings. The smallest absolute Gasteiger partial charge is 0.225 e. The molecule has 2 heterocycles. The van der Waals surface area contributed by atoms with Crippen molar-refractivity contribution in [2.24, 2.45) is 0 Å². The zero-order chi connectivity index (χ0) is 12.3. The van der Waals surface area contributed by atoms with Crippen molar-refractivity contribution in [1.29, 1.82) is 0 Å². The summed E-state index contributed by atoms with van der Waals surface area (Å²) in [6.07, 6.45) is 1.60. The third-order valence-corrected chi connectivity index (χ3v) is 2.30. The molecule has 0 aliphatic heterocycles. The average Bonchev–Trinajstić information content (AvgIpc) is 2.39. The quantitative estimate of drug-likeness (QED) is 0.871. The molecule has 0 radical (unpaired) electrons. The van der Waals surface area contributed by atoms with E-state index in [1.54, 1.807) is 32.5 Å². The third-order valence-electron chi connectivity index (χ3n) is 2.30. The predicted octanol–water partition coefficient (Wildman–Crippen LogP) is 1.74. The van der Waals surface area contributed by atoms with Crippen LogP contribution in [0.3, 0.4) is 0 Å². The van der Waals surface area contributed by atoms with Crippen molar-refractivity contribution in [2.45, 2.75) is 0 Å². The molecule has 2 aromatic heterocycles. The van der Waals surface area contributed by atoms with E-state index in [0.29, 0.717) is 17.4 Å². The second-order valence-electron chi connectivity index (χ2n) is 3.39. The van der Waals surface area contributed by atoms with E-state index >= 15 is 0 Å². The van der Waals surface area contributed by atoms with Crippen LogP contribution >= 0.6 is 0 Å². The van der Waals surface area contributed by atoms with Crippen LogP contribution in [0.4, 0.5) is 5.69 Å². The first-order valence-electron chi connectivity index (χ1n) is 5.05. The molecule has 0 spiro atoms. The maximum atomic E-state index is 5.59. The summed E-state index contributed by atoms with van der Waals surface area (Å²) in [7, 11) is 3.12. The molecule has 88 valence electrons. The van der Waals surface area contributed by atoms with Crippen molar-refractivity contribution in [2.75, 3.05) is 20.0 Å². The Hall–Kier alpha value is -2.30. The van der Waals surface area contributed by atoms with Crippen LogP contribution < -0.4 is 15.2 Å². The molecule has 0 aromatic carbocycles. The minimum atomic E-state index is 0.474. The second kappa shape index (κ2) is 4.69. The van der Waals surface area contributed by atoms with E-state index in [1.165, 1.54) is 0 Å². The van der Waals surface area contributed by atoms with E-state index in [1.807, 2.05) is 12.1 Å². The normalized spacial score (nSPS) is 10.0. The number of aromatic nitrogens is 2. The maximum Gasteiger partial charge on any atom is 0.225 e. The molecule has 5 heteroatoms. The highest BCUT2D eigenvalue weighted by molar-refractivity contribution is 5.66. The van der Waals surface area contributed by atoms with Gasteiger partial charge in [-0.2, -0.15) is 4.98 Å². The van der Waals surface area contributed by atoms with Crippen molar-refractivity contribution in [3.63, 3.8) is 0 Å². The zero-order valence-electron chi connectivity index (χ0n) is 9.68. The number of anilines is 1. The van der Waals surface area contributed by atoms with Crippen LogP contribution in [0.5, 0.6) is 11.8 Å². The summed E-state index contributed by atoms with van der Waals surface area (Å²) in [6.45, 7) is 0. The summed E-state index contributed by atoms with van der Waals surface area (Å²) >= 11 is 0. The summed E-state index contributed by atoms with van der Waals surface area (Å²) in [6, 6.07) is 7.21. The summed E-state index contributed by atoms with van der Waals surface area (Å²) in [4.78, 5) is 8.42. The van der Waals surface area contributed by atoms with Gasteiger partial charge in [-0.3, -0.25) is 4.98 Å². The van der Waals surface area contributed by atoms with Gasteiger partial charge in [-0.1, -0.05) is 0 Å². The van der Waals surface area contributed by atoms with Gasteiger partial charge in [-0.25, -0.2) is 0 Å². The van der Waals surface area contributed by atoms with Gasteiger partial charge in [0.05, 0.1) is 37.4 Å². The Morgan fingerprint density at radius 1 is 1.06 bits per heavy atom. The fourth-order valence-electron chi connectivity index (χ4n) is 1.45. The molecule has 0 bridgehead atoms. The Labute approximate surface area is 99.2 Å². The van der Waals surface area contributed by atoms with E-state index in [4.69, 9.17) is 15.2 Å². The van der Waals surface area contributed by atoms with Crippen LogP contribution in [0.1, 0.15) is 0 Å². The summed E-state index contributed by atoms with van der Waals surface area (Å²) in [5.41, 5.74) is 7.77. The Balaban J connectivity index is 2.47. The molecule has 0 aliphatic rings. The summed E-state index contributed by atoms with van der Waals surface area (Å²) in [5.74, 6) is 0.975. The molecule has 5 nitrogen and oxygen atoms in total. The van der Waals surface area contributed by atoms with E-state index in [-0.39, 0.29) is 0 Å². The number of hydrogen-bond acceptors (Lipinski definition) is 5. The molecule has 0 fully saturated rings. The van der Waals surface area contributed by atoms with Crippen molar-refractivity contribution in [3.8, 4) is 23.0 Å². The number of methoxy groups -OCH3 is 2. The van der Waals surface area contributed by atoms with E-state index < -0.39 is 0 Å². The Kier molecular flexibility index (Phi) is 3.09. The van der Waals surface area contributed by atoms with Crippen molar-refractivity contribution >= 4 is 5.69 Å². The third kappa shape index (κ3) is 2.28. The van der Waals surface area contributed by atoms with Gasteiger partial charge in [0.15, 0.2) is 0 Å². The van der Waals surface area contributed by atoms with Crippen LogP contribution in [0.2, 0.25) is 0 Å². The molecule has 2 rings (SSSR count). The van der Waals surface area contributed by atoms with E-state index in [9.17, 15) is 0 Å². The number of rotatable bonds is 3. The van der Waals surface area contributed by atoms with Gasteiger partial charge in [-0.05, 0) is 18.2 Å². The lowest BCUT2D eigenvalue weighted by Gasteiger charge is -2.08. The molecule has 2 N–H and O–H groups in total. The highest BCUT2D eigenvalue weighted by Gasteiger charge is 2.09. The number of nitrogens with zero attached hydrogens (tertiary/aromatic N) is 2. The molecular formula is C12H13N3O2. The lowest BCUT2D eigenvalue weighted by molar-refractivity contribution is 0.366. The Morgan fingerprint density at radius 3 is 2.47 bits per heavy atom. The number of nitrogens with two attached hydrogens (primary N) is 1. The van der Waals surface area contributed by atoms with Crippen LogP contribution in [0.15, 0.2) is 30.5 Å². The highest BCUT2D eigenvalue weighted by Crippen LogP contribution is 2.28. The Bertz CT molecular complexity index is 512. The van der Waals surface area contributed by atoms with Gasteiger partial charge < -0.3 is 15.2 Å². The molecule has 0 saturated heterocycles. The minimum absolute atomic E-state index is 0.474. The van der Waals surface area contributed by atoms with Gasteiger partial charge in [0.1, 0.15) is 0 Å². The van der Waals surface area contributed by atoms with E-state index in [2.05, 4.69) is 9.97 Å². The Morgan fingerprint density at radius 2 is 1.88 bits per heavy atom. The van der Waals surface area contributed by atoms with Crippen LogP contribution in [0, 0.1) is 0 Å². The highest BCUT2D eigenvalue weighted by atomic mass is 16.5. The monoisotopic (exact) mass is 231 g/mol. The predicted molar refractivity (Wildman–Crippen MR) is 65.0 cm³/mol. The molecule has 0 atom stereocenters. The number of hydrogen-bond donors (Lipinski definition) is 1. The molecule has 0 saturated carbocycles. The molecule has 0 aliphatic carbocycles. The van der Waals surface area contributed by atoms with Gasteiger partial charge in [0, 0.05) is 6.07 Å². The average molecular weight is 231 g/mol. The summed E-state index contributed by atoms with van der Waals surface area (Å²) in [5, 5.41) is 0. The lowest BCUT2D eigenvalue weighted by Crippen LogP contribution is -1.96. The summed E-state index contributed by atoms with van der Waals surface area (Å²) < 4.78 is 10.2. The molecule has 0 amide bonds. The second-order valence-corrected chi connectivity index (χ2v) is 3.39. The largest absolute Gasteiger partial charge is 0.481 e. The van der Waals surface area contributed by atoms with E-state index in [0.717, 1.165) is 11.3 Å². The van der Waals surface area contributed by atoms with Crippen LogP contribution in [-0.4, -0.2) is 24.2 Å². The fraction of sp³-hybridized carbons (Fsp3) is 0.167. The number of pyridine rings is 2. The topological polar surface area (TPSA) is 70.3 Å². The van der Waals surface area contributed by atoms with Gasteiger partial charge in [0.2, 0.25) is 11.8 Å². The van der Waals surface area contributed by atoms with Crippen molar-refractivity contribution in [3.05, 3.63) is 30.5 Å². The standard InChI is InChI=1S/C12H13N3O2/c1-16-11-6-4-9(12(15-11)17-2)10-5-3-8(13)7-14-10/h3-7H,13H2,1-2H3. The first kappa shape index (κ1) is 11.2. The first-order chi connectivity index (χ1) is 8.24. The van der Waals surface area contributed by atoms with Crippen molar-refractivity contribution in [1.82, 2.24) is 9.97 Å². The zero-order valence-corrected chi connectivity index (χ0v) is 9.68. The van der Waals surface area contributed by atoms with Crippen molar-refractivity contribution < 1.29 is 9.47 Å². The van der Waals surface area contributed by atoms with Gasteiger partial charge in [0.25, 0.3) is 0 Å². The van der Waals surface area contributed by atoms with Gasteiger partial charge in [-0.15, -0.1) is 0 Å². The van der Waals surface area contributed by atoms with Crippen LogP contribution in [-0.2, 0) is 0 Å². The first-order valence-corrected chi connectivity index (χ1v) is 5.05. The molecular weight excluding hydrogens is 218 g/mol. The lowest BCUT2D eigenvalue weighted by atomic mass is 10.2. The maximum absolute atomic E-state index is 5.59.